The average molecular weight is 327 g/mol. The second kappa shape index (κ2) is 6.01. The molecule has 1 aliphatic heterocycles. The topological polar surface area (TPSA) is 63.2 Å². The first-order valence-corrected chi connectivity index (χ1v) is 9.71. The zero-order valence-electron chi connectivity index (χ0n) is 12.6. The third kappa shape index (κ3) is 4.48. The summed E-state index contributed by atoms with van der Waals surface area (Å²) in [7, 11) is -3.00. The Morgan fingerprint density at radius 2 is 2.10 bits per heavy atom. The van der Waals surface area contributed by atoms with Crippen LogP contribution in [0.2, 0.25) is 0 Å². The van der Waals surface area contributed by atoms with Gasteiger partial charge in [-0.25, -0.2) is 8.42 Å². The van der Waals surface area contributed by atoms with E-state index >= 15 is 0 Å². The van der Waals surface area contributed by atoms with Crippen LogP contribution in [0.4, 0.5) is 0 Å². The number of rotatable bonds is 4. The van der Waals surface area contributed by atoms with E-state index in [1.807, 2.05) is 26.0 Å². The Morgan fingerprint density at radius 1 is 1.38 bits per heavy atom. The molecular weight excluding hydrogens is 306 g/mol. The highest BCUT2D eigenvalue weighted by atomic mass is 32.2. The molecule has 4 nitrogen and oxygen atoms in total. The van der Waals surface area contributed by atoms with Crippen molar-refractivity contribution < 1.29 is 13.2 Å². The average Bonchev–Trinajstić information content (AvgIpc) is 2.64. The maximum atomic E-state index is 12.1. The fourth-order valence-corrected chi connectivity index (χ4v) is 5.50. The molecule has 1 heterocycles. The zero-order valence-corrected chi connectivity index (χ0v) is 14.2. The molecule has 1 amide bonds. The van der Waals surface area contributed by atoms with E-state index in [2.05, 4.69) is 11.4 Å². The van der Waals surface area contributed by atoms with Gasteiger partial charge in [0.25, 0.3) is 0 Å². The predicted octanol–water partition coefficient (Wildman–Crippen LogP) is 2.09. The summed E-state index contributed by atoms with van der Waals surface area (Å²) >= 11 is 1.49. The predicted molar refractivity (Wildman–Crippen MR) is 86.5 cm³/mol. The van der Waals surface area contributed by atoms with E-state index in [0.29, 0.717) is 12.2 Å². The van der Waals surface area contributed by atoms with Gasteiger partial charge in [0.15, 0.2) is 9.84 Å². The molecule has 0 aromatic heterocycles. The highest BCUT2D eigenvalue weighted by Crippen LogP contribution is 2.25. The monoisotopic (exact) mass is 327 g/mol. The summed E-state index contributed by atoms with van der Waals surface area (Å²) in [6.45, 7) is 5.84. The summed E-state index contributed by atoms with van der Waals surface area (Å²) in [5.41, 5.74) is 1.70. The molecule has 0 radical (unpaired) electrons. The van der Waals surface area contributed by atoms with Crippen molar-refractivity contribution in [3.63, 3.8) is 0 Å². The van der Waals surface area contributed by atoms with Crippen molar-refractivity contribution in [2.75, 3.05) is 17.3 Å². The maximum absolute atomic E-state index is 12.1. The number of nitrogens with one attached hydrogen (secondary N) is 1. The highest BCUT2D eigenvalue weighted by Gasteiger charge is 2.39. The van der Waals surface area contributed by atoms with Crippen LogP contribution in [0.5, 0.6) is 0 Å². The van der Waals surface area contributed by atoms with Crippen molar-refractivity contribution in [1.29, 1.82) is 0 Å². The number of carbonyl (C=O) groups excluding carboxylic acids is 1. The second-order valence-electron chi connectivity index (χ2n) is 6.01. The lowest BCUT2D eigenvalue weighted by atomic mass is 10.0. The molecule has 1 atom stereocenters. The van der Waals surface area contributed by atoms with Gasteiger partial charge >= 0.3 is 0 Å². The van der Waals surface area contributed by atoms with Gasteiger partial charge in [-0.15, -0.1) is 11.8 Å². The molecule has 0 bridgehead atoms. The van der Waals surface area contributed by atoms with Crippen LogP contribution in [0.15, 0.2) is 23.1 Å². The molecule has 0 spiro atoms. The van der Waals surface area contributed by atoms with Gasteiger partial charge < -0.3 is 5.32 Å². The maximum Gasteiger partial charge on any atom is 0.230 e. The van der Waals surface area contributed by atoms with Crippen molar-refractivity contribution in [1.82, 2.24) is 5.32 Å². The van der Waals surface area contributed by atoms with E-state index in [9.17, 15) is 13.2 Å². The molecule has 1 N–H and O–H groups in total. The van der Waals surface area contributed by atoms with Crippen LogP contribution < -0.4 is 5.32 Å². The third-order valence-corrected chi connectivity index (χ3v) is 6.71. The van der Waals surface area contributed by atoms with Crippen LogP contribution in [0.25, 0.3) is 0 Å². The summed E-state index contributed by atoms with van der Waals surface area (Å²) in [6.07, 6.45) is 0.495. The summed E-state index contributed by atoms with van der Waals surface area (Å²) in [5, 5.41) is 2.88. The quantitative estimate of drug-likeness (QED) is 0.860. The number of hydrogen-bond acceptors (Lipinski definition) is 4. The molecule has 1 aliphatic rings. The van der Waals surface area contributed by atoms with Crippen LogP contribution in [-0.2, 0) is 14.6 Å². The van der Waals surface area contributed by atoms with Crippen LogP contribution in [-0.4, -0.2) is 37.1 Å². The summed E-state index contributed by atoms with van der Waals surface area (Å²) in [4.78, 5) is 13.2. The molecule has 6 heteroatoms. The molecule has 1 aromatic rings. The van der Waals surface area contributed by atoms with E-state index in [0.717, 1.165) is 16.0 Å². The first-order valence-electron chi connectivity index (χ1n) is 6.91. The Balaban J connectivity index is 1.92. The number of thioether (sulfide) groups is 1. The van der Waals surface area contributed by atoms with E-state index in [1.165, 1.54) is 11.8 Å². The van der Waals surface area contributed by atoms with Crippen molar-refractivity contribution in [2.24, 2.45) is 0 Å². The Bertz CT molecular complexity index is 655. The molecule has 1 unspecified atom stereocenters. The van der Waals surface area contributed by atoms with E-state index in [4.69, 9.17) is 0 Å². The lowest BCUT2D eigenvalue weighted by Crippen LogP contribution is -2.47. The van der Waals surface area contributed by atoms with Crippen LogP contribution in [0, 0.1) is 13.8 Å². The van der Waals surface area contributed by atoms with Gasteiger partial charge in [0, 0.05) is 4.90 Å². The molecule has 1 fully saturated rings. The van der Waals surface area contributed by atoms with Crippen molar-refractivity contribution >= 4 is 27.5 Å². The highest BCUT2D eigenvalue weighted by molar-refractivity contribution is 8.00. The molecule has 1 aromatic carbocycles. The van der Waals surface area contributed by atoms with Crippen LogP contribution in [0.1, 0.15) is 24.5 Å². The first kappa shape index (κ1) is 16.4. The summed E-state index contributed by atoms with van der Waals surface area (Å²) in [6, 6.07) is 6.15. The van der Waals surface area contributed by atoms with Crippen LogP contribution in [0.3, 0.4) is 0 Å². The van der Waals surface area contributed by atoms with E-state index < -0.39 is 15.4 Å². The Labute approximate surface area is 130 Å². The van der Waals surface area contributed by atoms with Gasteiger partial charge in [-0.1, -0.05) is 17.7 Å². The van der Waals surface area contributed by atoms with Gasteiger partial charge in [-0.2, -0.15) is 0 Å². The number of sulfone groups is 1. The number of amides is 1. The van der Waals surface area contributed by atoms with Crippen molar-refractivity contribution in [3.05, 3.63) is 29.3 Å². The van der Waals surface area contributed by atoms with Crippen molar-refractivity contribution in [3.8, 4) is 0 Å². The van der Waals surface area contributed by atoms with Gasteiger partial charge in [0.1, 0.15) is 0 Å². The standard InChI is InChI=1S/C15H21NO3S2/c1-11-4-5-12(2)13(8-11)20-9-14(17)16-15(3)6-7-21(18,19)10-15/h4-5,8H,6-7,9-10H2,1-3H3,(H,16,17). The largest absolute Gasteiger partial charge is 0.349 e. The fourth-order valence-electron chi connectivity index (χ4n) is 2.49. The molecule has 0 saturated carbocycles. The number of hydrogen-bond donors (Lipinski definition) is 1. The van der Waals surface area contributed by atoms with Gasteiger partial charge in [-0.3, -0.25) is 4.79 Å². The SMILES string of the molecule is Cc1ccc(C)c(SCC(=O)NC2(C)CCS(=O)(=O)C2)c1. The summed E-state index contributed by atoms with van der Waals surface area (Å²) in [5.74, 6) is 0.397. The van der Waals surface area contributed by atoms with Crippen LogP contribution >= 0.6 is 11.8 Å². The minimum Gasteiger partial charge on any atom is -0.349 e. The molecule has 2 rings (SSSR count). The second-order valence-corrected chi connectivity index (χ2v) is 9.21. The number of aryl methyl sites for hydroxylation is 2. The first-order chi connectivity index (χ1) is 9.69. The van der Waals surface area contributed by atoms with E-state index in [-0.39, 0.29) is 17.4 Å². The number of carbonyl (C=O) groups is 1. The fraction of sp³-hybridized carbons (Fsp3) is 0.533. The van der Waals surface area contributed by atoms with Gasteiger partial charge in [0.05, 0.1) is 22.8 Å². The van der Waals surface area contributed by atoms with Gasteiger partial charge in [0.2, 0.25) is 5.91 Å². The lowest BCUT2D eigenvalue weighted by molar-refractivity contribution is -0.120. The molecule has 1 saturated heterocycles. The van der Waals surface area contributed by atoms with Crippen molar-refractivity contribution in [2.45, 2.75) is 37.6 Å². The van der Waals surface area contributed by atoms with Gasteiger partial charge in [-0.05, 0) is 38.8 Å². The summed E-state index contributed by atoms with van der Waals surface area (Å²) < 4.78 is 23.1. The smallest absolute Gasteiger partial charge is 0.230 e. The lowest BCUT2D eigenvalue weighted by Gasteiger charge is -2.23. The van der Waals surface area contributed by atoms with E-state index in [1.54, 1.807) is 6.92 Å². The zero-order chi connectivity index (χ0) is 15.7. The molecule has 0 aliphatic carbocycles. The Kier molecular flexibility index (Phi) is 4.68. The third-order valence-electron chi connectivity index (χ3n) is 3.65. The minimum atomic E-state index is -3.00. The molecule has 116 valence electrons. The Morgan fingerprint density at radius 3 is 2.71 bits per heavy atom. The normalized spacial score (nSPS) is 24.0. The molecular formula is C15H21NO3S2. The number of benzene rings is 1. The minimum absolute atomic E-state index is 0.0415. The molecule has 21 heavy (non-hydrogen) atoms. The Hall–Kier alpha value is -1.01.